The van der Waals surface area contributed by atoms with Gasteiger partial charge in [0, 0.05) is 25.2 Å². The first-order valence-electron chi connectivity index (χ1n) is 9.60. The number of hydrogen-bond donors (Lipinski definition) is 2. The number of anilines is 2. The highest BCUT2D eigenvalue weighted by molar-refractivity contribution is 7.80. The summed E-state index contributed by atoms with van der Waals surface area (Å²) >= 11 is 5.27. The summed E-state index contributed by atoms with van der Waals surface area (Å²) in [6.07, 6.45) is 2.87. The molecule has 0 spiro atoms. The van der Waals surface area contributed by atoms with E-state index in [4.69, 9.17) is 12.2 Å². The molecule has 1 aromatic rings. The van der Waals surface area contributed by atoms with Crippen LogP contribution >= 0.6 is 12.2 Å². The van der Waals surface area contributed by atoms with Crippen LogP contribution in [0, 0.1) is 5.92 Å². The van der Waals surface area contributed by atoms with Crippen molar-refractivity contribution in [1.29, 1.82) is 0 Å². The van der Waals surface area contributed by atoms with Crippen molar-refractivity contribution >= 4 is 29.1 Å². The summed E-state index contributed by atoms with van der Waals surface area (Å²) in [5, 5.41) is 6.21. The number of alkyl halides is 3. The van der Waals surface area contributed by atoms with E-state index in [2.05, 4.69) is 27.5 Å². The molecule has 9 heteroatoms. The van der Waals surface area contributed by atoms with Crippen LogP contribution in [0.4, 0.5) is 24.9 Å². The van der Waals surface area contributed by atoms with Gasteiger partial charge in [0.25, 0.3) is 0 Å². The Morgan fingerprint density at radius 3 is 2.41 bits per heavy atom. The number of nitrogens with one attached hydrogen (secondary N) is 2. The molecule has 3 rings (SSSR count). The lowest BCUT2D eigenvalue weighted by Gasteiger charge is -2.31. The van der Waals surface area contributed by atoms with E-state index in [0.29, 0.717) is 24.8 Å². The Balaban J connectivity index is 1.74. The predicted molar refractivity (Wildman–Crippen MR) is 104 cm³/mol. The van der Waals surface area contributed by atoms with Gasteiger partial charge in [0.05, 0.1) is 0 Å². The molecule has 2 fully saturated rings. The van der Waals surface area contributed by atoms with Crippen molar-refractivity contribution in [2.45, 2.75) is 64.1 Å². The van der Waals surface area contributed by atoms with Crippen LogP contribution in [0.2, 0.25) is 0 Å². The topological polar surface area (TPSA) is 53.1 Å². The van der Waals surface area contributed by atoms with Crippen molar-refractivity contribution in [3.8, 4) is 0 Å². The van der Waals surface area contributed by atoms with Gasteiger partial charge in [-0.3, -0.25) is 0 Å². The Hall–Kier alpha value is -1.64. The molecule has 1 aromatic heterocycles. The summed E-state index contributed by atoms with van der Waals surface area (Å²) < 4.78 is 39.9. The maximum absolute atomic E-state index is 13.3. The number of rotatable bonds is 3. The van der Waals surface area contributed by atoms with Gasteiger partial charge in [0.1, 0.15) is 5.82 Å². The molecule has 0 unspecified atom stereocenters. The second-order valence-electron chi connectivity index (χ2n) is 7.54. The molecule has 150 valence electrons. The fourth-order valence-corrected chi connectivity index (χ4v) is 3.86. The second-order valence-corrected chi connectivity index (χ2v) is 7.94. The van der Waals surface area contributed by atoms with Crippen LogP contribution in [-0.4, -0.2) is 34.2 Å². The third-order valence-corrected chi connectivity index (χ3v) is 5.50. The molecule has 1 aliphatic carbocycles. The number of piperidine rings is 1. The zero-order valence-electron chi connectivity index (χ0n) is 15.5. The SMILES string of the molecule is CC1CCN(c2cc(C(F)(F)F)nc(NC(=S)NC3CCCCC3)n2)CC1. The van der Waals surface area contributed by atoms with Crippen molar-refractivity contribution in [1.82, 2.24) is 15.3 Å². The van der Waals surface area contributed by atoms with Gasteiger partial charge in [-0.25, -0.2) is 4.98 Å². The van der Waals surface area contributed by atoms with Crippen molar-refractivity contribution in [2.75, 3.05) is 23.3 Å². The zero-order chi connectivity index (χ0) is 19.4. The maximum Gasteiger partial charge on any atom is 0.433 e. The monoisotopic (exact) mass is 401 g/mol. The molecule has 0 bridgehead atoms. The number of halogens is 3. The molecule has 5 nitrogen and oxygen atoms in total. The van der Waals surface area contributed by atoms with Gasteiger partial charge < -0.3 is 15.5 Å². The summed E-state index contributed by atoms with van der Waals surface area (Å²) in [6.45, 7) is 3.54. The average Bonchev–Trinajstić information content (AvgIpc) is 2.62. The van der Waals surface area contributed by atoms with Gasteiger partial charge in [-0.1, -0.05) is 26.2 Å². The standard InChI is InChI=1S/C18H26F3N5S/c1-12-7-9-26(10-8-12)15-11-14(18(19,20)21)23-16(24-15)25-17(27)22-13-5-3-2-4-6-13/h11-13H,2-10H2,1H3,(H2,22,23,24,25,27). The molecule has 2 aliphatic rings. The number of hydrogen-bond acceptors (Lipinski definition) is 4. The van der Waals surface area contributed by atoms with E-state index in [1.165, 1.54) is 6.42 Å². The van der Waals surface area contributed by atoms with Crippen molar-refractivity contribution in [3.05, 3.63) is 11.8 Å². The summed E-state index contributed by atoms with van der Waals surface area (Å²) in [5.41, 5.74) is -0.950. The van der Waals surface area contributed by atoms with Gasteiger partial charge in [0.2, 0.25) is 5.95 Å². The zero-order valence-corrected chi connectivity index (χ0v) is 16.3. The van der Waals surface area contributed by atoms with E-state index >= 15 is 0 Å². The molecule has 0 aromatic carbocycles. The van der Waals surface area contributed by atoms with Crippen LogP contribution in [0.15, 0.2) is 6.07 Å². The lowest BCUT2D eigenvalue weighted by Crippen LogP contribution is -2.39. The molecule has 27 heavy (non-hydrogen) atoms. The van der Waals surface area contributed by atoms with Crippen LogP contribution in [0.5, 0.6) is 0 Å². The minimum atomic E-state index is -4.53. The van der Waals surface area contributed by atoms with Gasteiger partial charge in [-0.15, -0.1) is 0 Å². The largest absolute Gasteiger partial charge is 0.433 e. The fourth-order valence-electron chi connectivity index (χ4n) is 3.61. The lowest BCUT2D eigenvalue weighted by atomic mass is 9.96. The summed E-state index contributed by atoms with van der Waals surface area (Å²) in [5.74, 6) is 0.772. The molecule has 2 heterocycles. The smallest absolute Gasteiger partial charge is 0.360 e. The van der Waals surface area contributed by atoms with Crippen LogP contribution in [0.25, 0.3) is 0 Å². The van der Waals surface area contributed by atoms with Crippen molar-refractivity contribution < 1.29 is 13.2 Å². The highest BCUT2D eigenvalue weighted by Crippen LogP contribution is 2.31. The van der Waals surface area contributed by atoms with Crippen molar-refractivity contribution in [3.63, 3.8) is 0 Å². The number of aromatic nitrogens is 2. The van der Waals surface area contributed by atoms with Gasteiger partial charge in [-0.2, -0.15) is 18.2 Å². The Morgan fingerprint density at radius 1 is 1.11 bits per heavy atom. The first-order valence-corrected chi connectivity index (χ1v) is 10.0. The minimum absolute atomic E-state index is 0.105. The molecular formula is C18H26F3N5S. The first kappa shape index (κ1) is 20.1. The lowest BCUT2D eigenvalue weighted by molar-refractivity contribution is -0.141. The Kier molecular flexibility index (Phi) is 6.39. The fraction of sp³-hybridized carbons (Fsp3) is 0.722. The molecule has 1 saturated heterocycles. The van der Waals surface area contributed by atoms with Gasteiger partial charge in [0.15, 0.2) is 10.8 Å². The van der Waals surface area contributed by atoms with E-state index in [9.17, 15) is 13.2 Å². The number of nitrogens with zero attached hydrogens (tertiary/aromatic N) is 3. The number of thiocarbonyl (C=S) groups is 1. The van der Waals surface area contributed by atoms with Crippen LogP contribution in [0.3, 0.4) is 0 Å². The Labute approximate surface area is 163 Å². The van der Waals surface area contributed by atoms with Crippen LogP contribution in [0.1, 0.15) is 57.6 Å². The maximum atomic E-state index is 13.3. The molecule has 1 aliphatic heterocycles. The summed E-state index contributed by atoms with van der Waals surface area (Å²) in [4.78, 5) is 9.84. The van der Waals surface area contributed by atoms with Gasteiger partial charge >= 0.3 is 6.18 Å². The van der Waals surface area contributed by atoms with E-state index in [1.807, 2.05) is 4.90 Å². The summed E-state index contributed by atoms with van der Waals surface area (Å²) in [7, 11) is 0. The first-order chi connectivity index (χ1) is 12.8. The van der Waals surface area contributed by atoms with Crippen LogP contribution in [-0.2, 0) is 6.18 Å². The quantitative estimate of drug-likeness (QED) is 0.735. The minimum Gasteiger partial charge on any atom is -0.360 e. The normalized spacial score (nSPS) is 19.8. The summed E-state index contributed by atoms with van der Waals surface area (Å²) in [6, 6.07) is 1.28. The molecule has 1 saturated carbocycles. The van der Waals surface area contributed by atoms with E-state index in [1.54, 1.807) is 0 Å². The predicted octanol–water partition coefficient (Wildman–Crippen LogP) is 4.35. The highest BCUT2D eigenvalue weighted by atomic mass is 32.1. The Bertz CT molecular complexity index is 653. The molecule has 0 radical (unpaired) electrons. The van der Waals surface area contributed by atoms with E-state index in [0.717, 1.165) is 44.6 Å². The van der Waals surface area contributed by atoms with E-state index in [-0.39, 0.29) is 17.1 Å². The van der Waals surface area contributed by atoms with Crippen LogP contribution < -0.4 is 15.5 Å². The highest BCUT2D eigenvalue weighted by Gasteiger charge is 2.34. The van der Waals surface area contributed by atoms with Gasteiger partial charge in [-0.05, 0) is 43.8 Å². The third-order valence-electron chi connectivity index (χ3n) is 5.28. The Morgan fingerprint density at radius 2 is 1.78 bits per heavy atom. The third kappa shape index (κ3) is 5.67. The molecular weight excluding hydrogens is 375 g/mol. The second kappa shape index (κ2) is 8.58. The molecule has 0 atom stereocenters. The van der Waals surface area contributed by atoms with Crippen molar-refractivity contribution in [2.24, 2.45) is 5.92 Å². The van der Waals surface area contributed by atoms with E-state index < -0.39 is 11.9 Å². The molecule has 2 N–H and O–H groups in total. The average molecular weight is 402 g/mol. The molecule has 0 amide bonds.